The van der Waals surface area contributed by atoms with Gasteiger partial charge in [-0.2, -0.15) is 0 Å². The van der Waals surface area contributed by atoms with Crippen molar-refractivity contribution in [1.29, 1.82) is 0 Å². The number of anilines is 1. The van der Waals surface area contributed by atoms with Gasteiger partial charge in [-0.1, -0.05) is 0 Å². The number of amides is 1. The molecule has 0 radical (unpaired) electrons. The Bertz CT molecular complexity index is 296. The molecule has 1 amide bonds. The molecule has 64 valence electrons. The predicted octanol–water partition coefficient (Wildman–Crippen LogP) is 0.247. The van der Waals surface area contributed by atoms with E-state index in [0.29, 0.717) is 5.56 Å². The van der Waals surface area contributed by atoms with Gasteiger partial charge in [-0.25, -0.2) is 0 Å². The normalized spacial score (nSPS) is 9.50. The fourth-order valence-electron chi connectivity index (χ4n) is 0.951. The van der Waals surface area contributed by atoms with Gasteiger partial charge >= 0.3 is 0 Å². The third kappa shape index (κ3) is 1.53. The van der Waals surface area contributed by atoms with E-state index >= 15 is 0 Å². The molecule has 0 aromatic carbocycles. The van der Waals surface area contributed by atoms with Crippen molar-refractivity contribution in [2.24, 2.45) is 5.73 Å². The first kappa shape index (κ1) is 8.52. The Morgan fingerprint density at radius 1 is 1.58 bits per heavy atom. The Morgan fingerprint density at radius 2 is 2.25 bits per heavy atom. The molecule has 12 heavy (non-hydrogen) atoms. The van der Waals surface area contributed by atoms with Gasteiger partial charge in [-0.15, -0.1) is 0 Å². The fourth-order valence-corrected chi connectivity index (χ4v) is 0.951. The monoisotopic (exact) mass is 165 g/mol. The van der Waals surface area contributed by atoms with Crippen LogP contribution in [0.15, 0.2) is 18.5 Å². The first-order chi connectivity index (χ1) is 5.63. The second kappa shape index (κ2) is 3.21. The van der Waals surface area contributed by atoms with Crippen molar-refractivity contribution in [3.8, 4) is 0 Å². The van der Waals surface area contributed by atoms with Crippen molar-refractivity contribution in [2.75, 3.05) is 19.0 Å². The number of carbonyl (C=O) groups is 1. The van der Waals surface area contributed by atoms with Gasteiger partial charge in [-0.3, -0.25) is 9.78 Å². The lowest BCUT2D eigenvalue weighted by Gasteiger charge is -2.14. The Balaban J connectivity index is 3.17. The summed E-state index contributed by atoms with van der Waals surface area (Å²) in [7, 11) is 3.67. The van der Waals surface area contributed by atoms with Gasteiger partial charge in [0, 0.05) is 20.3 Å². The van der Waals surface area contributed by atoms with Crippen LogP contribution in [0.25, 0.3) is 0 Å². The average molecular weight is 165 g/mol. The van der Waals surface area contributed by atoms with Crippen LogP contribution >= 0.6 is 0 Å². The van der Waals surface area contributed by atoms with Crippen LogP contribution in [0.3, 0.4) is 0 Å². The standard InChI is InChI=1S/C8H11N3O/c1-11(2)7-5-10-4-3-6(7)8(9)12/h3-5H,1-2H3,(H2,9,12). The third-order valence-electron chi connectivity index (χ3n) is 1.55. The second-order valence-corrected chi connectivity index (χ2v) is 2.65. The summed E-state index contributed by atoms with van der Waals surface area (Å²) in [6.07, 6.45) is 3.16. The molecule has 0 bridgehead atoms. The van der Waals surface area contributed by atoms with E-state index in [0.717, 1.165) is 5.69 Å². The van der Waals surface area contributed by atoms with Gasteiger partial charge in [0.05, 0.1) is 17.4 Å². The second-order valence-electron chi connectivity index (χ2n) is 2.65. The van der Waals surface area contributed by atoms with E-state index in [4.69, 9.17) is 5.73 Å². The number of carbonyl (C=O) groups excluding carboxylic acids is 1. The van der Waals surface area contributed by atoms with Crippen LogP contribution in [-0.4, -0.2) is 25.0 Å². The zero-order valence-corrected chi connectivity index (χ0v) is 7.11. The highest BCUT2D eigenvalue weighted by Crippen LogP contribution is 2.14. The molecule has 0 atom stereocenters. The number of primary amides is 1. The Kier molecular flexibility index (Phi) is 2.28. The summed E-state index contributed by atoms with van der Waals surface area (Å²) in [6, 6.07) is 1.61. The number of nitrogens with two attached hydrogens (primary N) is 1. The van der Waals surface area contributed by atoms with E-state index in [1.54, 1.807) is 23.4 Å². The molecule has 0 fully saturated rings. The summed E-state index contributed by atoms with van der Waals surface area (Å²) >= 11 is 0. The summed E-state index contributed by atoms with van der Waals surface area (Å²) in [4.78, 5) is 16.6. The molecular weight excluding hydrogens is 154 g/mol. The van der Waals surface area contributed by atoms with Crippen LogP contribution in [-0.2, 0) is 0 Å². The van der Waals surface area contributed by atoms with Crippen molar-refractivity contribution in [2.45, 2.75) is 0 Å². The largest absolute Gasteiger partial charge is 0.376 e. The van der Waals surface area contributed by atoms with E-state index in [1.807, 2.05) is 14.1 Å². The van der Waals surface area contributed by atoms with E-state index in [1.165, 1.54) is 0 Å². The van der Waals surface area contributed by atoms with Crippen LogP contribution in [0.2, 0.25) is 0 Å². The van der Waals surface area contributed by atoms with Crippen molar-refractivity contribution in [1.82, 2.24) is 4.98 Å². The summed E-state index contributed by atoms with van der Waals surface area (Å²) in [5.41, 5.74) is 6.40. The maximum absolute atomic E-state index is 10.9. The topological polar surface area (TPSA) is 59.2 Å². The first-order valence-corrected chi connectivity index (χ1v) is 3.54. The van der Waals surface area contributed by atoms with Crippen LogP contribution in [0, 0.1) is 0 Å². The van der Waals surface area contributed by atoms with Gasteiger partial charge in [-0.05, 0) is 6.07 Å². The SMILES string of the molecule is CN(C)c1cnccc1C(N)=O. The van der Waals surface area contributed by atoms with E-state index in [9.17, 15) is 4.79 Å². The molecule has 0 spiro atoms. The van der Waals surface area contributed by atoms with Gasteiger partial charge in [0.2, 0.25) is 0 Å². The van der Waals surface area contributed by atoms with Crippen LogP contribution in [0.1, 0.15) is 10.4 Å². The molecule has 4 nitrogen and oxygen atoms in total. The first-order valence-electron chi connectivity index (χ1n) is 3.54. The maximum Gasteiger partial charge on any atom is 0.250 e. The molecule has 1 aromatic rings. The summed E-state index contributed by atoms with van der Waals surface area (Å²) < 4.78 is 0. The van der Waals surface area contributed by atoms with Crippen molar-refractivity contribution in [3.63, 3.8) is 0 Å². The zero-order chi connectivity index (χ0) is 9.14. The van der Waals surface area contributed by atoms with Crippen LogP contribution in [0.5, 0.6) is 0 Å². The quantitative estimate of drug-likeness (QED) is 0.683. The molecule has 0 unspecified atom stereocenters. The highest BCUT2D eigenvalue weighted by Gasteiger charge is 2.08. The lowest BCUT2D eigenvalue weighted by atomic mass is 10.2. The maximum atomic E-state index is 10.9. The minimum Gasteiger partial charge on any atom is -0.376 e. The minimum atomic E-state index is -0.430. The Hall–Kier alpha value is -1.58. The lowest BCUT2D eigenvalue weighted by Crippen LogP contribution is -2.18. The number of hydrogen-bond donors (Lipinski definition) is 1. The summed E-state index contributed by atoms with van der Waals surface area (Å²) in [5.74, 6) is -0.430. The van der Waals surface area contributed by atoms with E-state index < -0.39 is 5.91 Å². The molecule has 0 aliphatic rings. The smallest absolute Gasteiger partial charge is 0.250 e. The Morgan fingerprint density at radius 3 is 2.67 bits per heavy atom. The molecule has 1 rings (SSSR count). The molecule has 1 aromatic heterocycles. The van der Waals surface area contributed by atoms with Crippen molar-refractivity contribution in [3.05, 3.63) is 24.0 Å². The third-order valence-corrected chi connectivity index (χ3v) is 1.55. The summed E-state index contributed by atoms with van der Waals surface area (Å²) in [6.45, 7) is 0. The van der Waals surface area contributed by atoms with Crippen molar-refractivity contribution >= 4 is 11.6 Å². The van der Waals surface area contributed by atoms with E-state index in [-0.39, 0.29) is 0 Å². The van der Waals surface area contributed by atoms with Crippen LogP contribution in [0.4, 0.5) is 5.69 Å². The van der Waals surface area contributed by atoms with Crippen LogP contribution < -0.4 is 10.6 Å². The molecular formula is C8H11N3O. The van der Waals surface area contributed by atoms with Gasteiger partial charge < -0.3 is 10.6 Å². The number of rotatable bonds is 2. The summed E-state index contributed by atoms with van der Waals surface area (Å²) in [5, 5.41) is 0. The zero-order valence-electron chi connectivity index (χ0n) is 7.11. The molecule has 0 aliphatic heterocycles. The highest BCUT2D eigenvalue weighted by molar-refractivity contribution is 5.98. The molecule has 1 heterocycles. The van der Waals surface area contributed by atoms with Gasteiger partial charge in [0.15, 0.2) is 0 Å². The number of nitrogens with zero attached hydrogens (tertiary/aromatic N) is 2. The lowest BCUT2D eigenvalue weighted by molar-refractivity contribution is 0.100. The molecule has 0 saturated heterocycles. The van der Waals surface area contributed by atoms with Crippen molar-refractivity contribution < 1.29 is 4.79 Å². The van der Waals surface area contributed by atoms with Gasteiger partial charge in [0.1, 0.15) is 0 Å². The van der Waals surface area contributed by atoms with Gasteiger partial charge in [0.25, 0.3) is 5.91 Å². The Labute approximate surface area is 71.0 Å². The highest BCUT2D eigenvalue weighted by atomic mass is 16.1. The fraction of sp³-hybridized carbons (Fsp3) is 0.250. The molecule has 2 N–H and O–H groups in total. The number of pyridine rings is 1. The average Bonchev–Trinajstić information content (AvgIpc) is 2.04. The number of aromatic nitrogens is 1. The molecule has 0 aliphatic carbocycles. The molecule has 0 saturated carbocycles. The van der Waals surface area contributed by atoms with E-state index in [2.05, 4.69) is 4.98 Å². The predicted molar refractivity (Wildman–Crippen MR) is 47.1 cm³/mol. The minimum absolute atomic E-state index is 0.430. The molecule has 4 heteroatoms. The number of hydrogen-bond acceptors (Lipinski definition) is 3.